The Morgan fingerprint density at radius 1 is 1.44 bits per heavy atom. The van der Waals surface area contributed by atoms with Crippen LogP contribution in [0.5, 0.6) is 0 Å². The number of aryl methyl sites for hydroxylation is 1. The van der Waals surface area contributed by atoms with E-state index in [1.54, 1.807) is 0 Å². The van der Waals surface area contributed by atoms with Crippen LogP contribution in [0.3, 0.4) is 0 Å². The minimum atomic E-state index is 0.380. The van der Waals surface area contributed by atoms with Crippen molar-refractivity contribution in [1.82, 2.24) is 14.8 Å². The molecule has 2 rings (SSSR count). The van der Waals surface area contributed by atoms with Gasteiger partial charge >= 0.3 is 0 Å². The maximum Gasteiger partial charge on any atom is 0.195 e. The van der Waals surface area contributed by atoms with Crippen molar-refractivity contribution in [1.29, 1.82) is 0 Å². The molecule has 1 heterocycles. The van der Waals surface area contributed by atoms with Gasteiger partial charge in [-0.15, -0.1) is 0 Å². The maximum atomic E-state index is 5.27. The standard InChI is InChI=1S/C11H19N3S2/c1-9-12-13-10(15)14(9)8-11(16-2)6-4-3-5-7-11/h3-8H2,1-2H3,(H,13,15). The average Bonchev–Trinajstić information content (AvgIpc) is 2.62. The third-order valence-corrected chi connectivity index (χ3v) is 5.31. The molecule has 0 aliphatic heterocycles. The Labute approximate surface area is 106 Å². The number of aromatic nitrogens is 3. The van der Waals surface area contributed by atoms with E-state index in [0.29, 0.717) is 4.75 Å². The molecule has 1 saturated carbocycles. The van der Waals surface area contributed by atoms with E-state index in [-0.39, 0.29) is 0 Å². The lowest BCUT2D eigenvalue weighted by molar-refractivity contribution is 0.354. The van der Waals surface area contributed by atoms with Crippen LogP contribution in [0.25, 0.3) is 0 Å². The number of hydrogen-bond acceptors (Lipinski definition) is 3. The van der Waals surface area contributed by atoms with Crippen molar-refractivity contribution < 1.29 is 0 Å². The smallest absolute Gasteiger partial charge is 0.195 e. The largest absolute Gasteiger partial charge is 0.303 e. The third kappa shape index (κ3) is 2.35. The van der Waals surface area contributed by atoms with Crippen molar-refractivity contribution >= 4 is 24.0 Å². The van der Waals surface area contributed by atoms with Crippen LogP contribution in [0.4, 0.5) is 0 Å². The van der Waals surface area contributed by atoms with E-state index in [2.05, 4.69) is 21.0 Å². The Morgan fingerprint density at radius 2 is 2.12 bits per heavy atom. The second-order valence-corrected chi connectivity index (χ2v) is 6.27. The predicted octanol–water partition coefficient (Wildman–Crippen LogP) is 3.32. The second-order valence-electron chi connectivity index (χ2n) is 4.61. The monoisotopic (exact) mass is 257 g/mol. The molecule has 0 unspecified atom stereocenters. The van der Waals surface area contributed by atoms with Gasteiger partial charge in [0, 0.05) is 11.3 Å². The molecule has 1 aromatic heterocycles. The number of nitrogens with zero attached hydrogens (tertiary/aromatic N) is 2. The van der Waals surface area contributed by atoms with E-state index < -0.39 is 0 Å². The molecule has 90 valence electrons. The van der Waals surface area contributed by atoms with Gasteiger partial charge in [0.1, 0.15) is 5.82 Å². The lowest BCUT2D eigenvalue weighted by Crippen LogP contribution is -2.33. The molecule has 0 atom stereocenters. The lowest BCUT2D eigenvalue weighted by Gasteiger charge is -2.36. The molecule has 0 amide bonds. The summed E-state index contributed by atoms with van der Waals surface area (Å²) in [5.74, 6) is 1.00. The van der Waals surface area contributed by atoms with Crippen molar-refractivity contribution in [2.45, 2.75) is 50.3 Å². The Hall–Kier alpha value is -0.290. The van der Waals surface area contributed by atoms with Crippen LogP contribution in [0.1, 0.15) is 37.9 Å². The summed E-state index contributed by atoms with van der Waals surface area (Å²) < 4.78 is 3.29. The summed E-state index contributed by atoms with van der Waals surface area (Å²) in [4.78, 5) is 0. The van der Waals surface area contributed by atoms with Crippen LogP contribution in [-0.2, 0) is 6.54 Å². The van der Waals surface area contributed by atoms with Gasteiger partial charge < -0.3 is 4.57 Å². The van der Waals surface area contributed by atoms with E-state index in [9.17, 15) is 0 Å². The molecule has 1 fully saturated rings. The number of H-pyrrole nitrogens is 1. The molecule has 0 bridgehead atoms. The number of hydrogen-bond donors (Lipinski definition) is 1. The van der Waals surface area contributed by atoms with Crippen molar-refractivity contribution in [3.05, 3.63) is 10.6 Å². The second kappa shape index (κ2) is 4.92. The van der Waals surface area contributed by atoms with Gasteiger partial charge in [-0.2, -0.15) is 16.9 Å². The zero-order valence-electron chi connectivity index (χ0n) is 9.95. The van der Waals surface area contributed by atoms with Crippen LogP contribution in [0, 0.1) is 11.7 Å². The van der Waals surface area contributed by atoms with Crippen LogP contribution in [0.15, 0.2) is 0 Å². The van der Waals surface area contributed by atoms with Gasteiger partial charge in [-0.25, -0.2) is 0 Å². The van der Waals surface area contributed by atoms with Crippen molar-refractivity contribution in [2.24, 2.45) is 0 Å². The van der Waals surface area contributed by atoms with Crippen LogP contribution in [-0.4, -0.2) is 25.8 Å². The lowest BCUT2D eigenvalue weighted by atomic mass is 9.88. The number of aromatic amines is 1. The molecule has 16 heavy (non-hydrogen) atoms. The molecule has 0 radical (unpaired) electrons. The van der Waals surface area contributed by atoms with Crippen LogP contribution in [0.2, 0.25) is 0 Å². The Morgan fingerprint density at radius 3 is 2.62 bits per heavy atom. The van der Waals surface area contributed by atoms with Crippen LogP contribution >= 0.6 is 24.0 Å². The molecular weight excluding hydrogens is 238 g/mol. The topological polar surface area (TPSA) is 33.6 Å². The fraction of sp³-hybridized carbons (Fsp3) is 0.818. The highest BCUT2D eigenvalue weighted by Gasteiger charge is 2.32. The van der Waals surface area contributed by atoms with Gasteiger partial charge in [0.25, 0.3) is 0 Å². The molecular formula is C11H19N3S2. The van der Waals surface area contributed by atoms with Gasteiger partial charge in [-0.05, 0) is 38.2 Å². The van der Waals surface area contributed by atoms with E-state index in [1.165, 1.54) is 32.1 Å². The summed E-state index contributed by atoms with van der Waals surface area (Å²) in [6.07, 6.45) is 8.93. The third-order valence-electron chi connectivity index (χ3n) is 3.59. The quantitative estimate of drug-likeness (QED) is 0.843. The van der Waals surface area contributed by atoms with Gasteiger partial charge in [-0.1, -0.05) is 19.3 Å². The summed E-state index contributed by atoms with van der Waals surface area (Å²) in [7, 11) is 0. The summed E-state index contributed by atoms with van der Waals surface area (Å²) in [5, 5.41) is 7.06. The molecule has 1 aliphatic carbocycles. The molecule has 3 nitrogen and oxygen atoms in total. The zero-order chi connectivity index (χ0) is 11.6. The zero-order valence-corrected chi connectivity index (χ0v) is 11.6. The highest BCUT2D eigenvalue weighted by atomic mass is 32.2. The molecule has 1 aromatic rings. The summed E-state index contributed by atoms with van der Waals surface area (Å²) in [6.45, 7) is 3.03. The van der Waals surface area contributed by atoms with E-state index in [4.69, 9.17) is 12.2 Å². The van der Waals surface area contributed by atoms with E-state index in [1.807, 2.05) is 18.7 Å². The molecule has 0 spiro atoms. The molecule has 0 aromatic carbocycles. The Kier molecular flexibility index (Phi) is 3.74. The minimum absolute atomic E-state index is 0.380. The van der Waals surface area contributed by atoms with Crippen molar-refractivity contribution in [3.63, 3.8) is 0 Å². The molecule has 0 saturated heterocycles. The highest BCUT2D eigenvalue weighted by Crippen LogP contribution is 2.40. The first-order chi connectivity index (χ1) is 7.67. The maximum absolute atomic E-state index is 5.27. The minimum Gasteiger partial charge on any atom is -0.303 e. The SMILES string of the molecule is CSC1(Cn2c(C)n[nH]c2=S)CCCCC1. The number of rotatable bonds is 3. The van der Waals surface area contributed by atoms with Crippen LogP contribution < -0.4 is 0 Å². The van der Waals surface area contributed by atoms with E-state index in [0.717, 1.165) is 17.1 Å². The fourth-order valence-electron chi connectivity index (χ4n) is 2.49. The number of nitrogens with one attached hydrogen (secondary N) is 1. The Balaban J connectivity index is 2.21. The predicted molar refractivity (Wildman–Crippen MR) is 71.5 cm³/mol. The molecule has 1 aliphatic rings. The first-order valence-corrected chi connectivity index (χ1v) is 7.47. The van der Waals surface area contributed by atoms with Crippen molar-refractivity contribution in [3.8, 4) is 0 Å². The molecule has 1 N–H and O–H groups in total. The first-order valence-electron chi connectivity index (χ1n) is 5.84. The highest BCUT2D eigenvalue weighted by molar-refractivity contribution is 8.00. The molecule has 5 heteroatoms. The first kappa shape index (κ1) is 12.2. The Bertz CT molecular complexity index is 402. The number of thioether (sulfide) groups is 1. The van der Waals surface area contributed by atoms with Crippen molar-refractivity contribution in [2.75, 3.05) is 6.26 Å². The van der Waals surface area contributed by atoms with Gasteiger partial charge in [0.2, 0.25) is 0 Å². The average molecular weight is 257 g/mol. The van der Waals surface area contributed by atoms with Gasteiger partial charge in [0.05, 0.1) is 0 Å². The summed E-state index contributed by atoms with van der Waals surface area (Å²) in [5.41, 5.74) is 0. The van der Waals surface area contributed by atoms with Gasteiger partial charge in [-0.3, -0.25) is 5.10 Å². The summed E-state index contributed by atoms with van der Waals surface area (Å²) in [6, 6.07) is 0. The normalized spacial score (nSPS) is 19.9. The van der Waals surface area contributed by atoms with E-state index >= 15 is 0 Å². The fourth-order valence-corrected chi connectivity index (χ4v) is 3.69. The van der Waals surface area contributed by atoms with Gasteiger partial charge in [0.15, 0.2) is 4.77 Å². The summed E-state index contributed by atoms with van der Waals surface area (Å²) >= 11 is 7.27.